The van der Waals surface area contributed by atoms with Gasteiger partial charge in [0.15, 0.2) is 5.82 Å². The maximum Gasteiger partial charge on any atom is 0.257 e. The number of H-pyrrole nitrogens is 1. The number of carbonyl (C=O) groups excluding carboxylic acids is 2. The number of aryl methyl sites for hydroxylation is 1. The molecule has 2 aromatic heterocycles. The van der Waals surface area contributed by atoms with Gasteiger partial charge < -0.3 is 14.7 Å². The van der Waals surface area contributed by atoms with E-state index < -0.39 is 11.9 Å². The minimum Gasteiger partial charge on any atom is -0.360 e. The van der Waals surface area contributed by atoms with Crippen molar-refractivity contribution in [3.8, 4) is 11.3 Å². The molecule has 2 aliphatic rings. The van der Waals surface area contributed by atoms with Crippen LogP contribution in [0.15, 0.2) is 22.7 Å². The number of hydrogen-bond acceptors (Lipinski definition) is 8. The molecule has 1 aromatic carbocycles. The second-order valence-electron chi connectivity index (χ2n) is 8.04. The molecular formula is C19H17Cl2N7O3S. The van der Waals surface area contributed by atoms with E-state index in [4.69, 9.17) is 27.7 Å². The lowest BCUT2D eigenvalue weighted by atomic mass is 9.95. The molecule has 2 unspecified atom stereocenters. The number of benzene rings is 1. The first-order valence-corrected chi connectivity index (χ1v) is 11.3. The second-order valence-corrected chi connectivity index (χ2v) is 10.6. The van der Waals surface area contributed by atoms with Crippen molar-refractivity contribution in [2.45, 2.75) is 43.0 Å². The zero-order valence-corrected chi connectivity index (χ0v) is 19.4. The van der Waals surface area contributed by atoms with Crippen molar-refractivity contribution >= 4 is 46.8 Å². The van der Waals surface area contributed by atoms with Gasteiger partial charge in [0.1, 0.15) is 34.5 Å². The predicted octanol–water partition coefficient (Wildman–Crippen LogP) is 3.00. The monoisotopic (exact) mass is 493 g/mol. The van der Waals surface area contributed by atoms with E-state index in [1.54, 1.807) is 41.8 Å². The van der Waals surface area contributed by atoms with Crippen LogP contribution in [0.5, 0.6) is 0 Å². The highest BCUT2D eigenvalue weighted by atomic mass is 35.5. The summed E-state index contributed by atoms with van der Waals surface area (Å²) in [5.41, 5.74) is 0.805. The molecule has 0 saturated carbocycles. The lowest BCUT2D eigenvalue weighted by molar-refractivity contribution is -0.148. The van der Waals surface area contributed by atoms with Crippen LogP contribution in [-0.4, -0.2) is 58.7 Å². The molecule has 32 heavy (non-hydrogen) atoms. The van der Waals surface area contributed by atoms with Gasteiger partial charge in [0, 0.05) is 10.3 Å². The minimum absolute atomic E-state index is 0.184. The van der Waals surface area contributed by atoms with Crippen LogP contribution in [0.1, 0.15) is 41.8 Å². The normalized spacial score (nSPS) is 23.7. The molecule has 3 atom stereocenters. The van der Waals surface area contributed by atoms with Crippen LogP contribution >= 0.6 is 35.0 Å². The van der Waals surface area contributed by atoms with Crippen molar-refractivity contribution in [1.29, 1.82) is 0 Å². The maximum absolute atomic E-state index is 13.2. The summed E-state index contributed by atoms with van der Waals surface area (Å²) in [5.74, 6) is 0.0201. The third-order valence-corrected chi connectivity index (χ3v) is 7.82. The predicted molar refractivity (Wildman–Crippen MR) is 117 cm³/mol. The number of aromatic nitrogens is 5. The Morgan fingerprint density at radius 1 is 1.31 bits per heavy atom. The summed E-state index contributed by atoms with van der Waals surface area (Å²) in [6.07, 6.45) is 0. The quantitative estimate of drug-likeness (QED) is 0.530. The molecule has 2 N–H and O–H groups in total. The van der Waals surface area contributed by atoms with Crippen molar-refractivity contribution in [3.63, 3.8) is 0 Å². The summed E-state index contributed by atoms with van der Waals surface area (Å²) in [4.78, 5) is 27.9. The highest BCUT2D eigenvalue weighted by Crippen LogP contribution is 2.56. The zero-order chi connectivity index (χ0) is 22.8. The van der Waals surface area contributed by atoms with Crippen molar-refractivity contribution in [2.24, 2.45) is 0 Å². The van der Waals surface area contributed by atoms with Gasteiger partial charge in [-0.1, -0.05) is 39.6 Å². The Hall–Kier alpha value is -2.63. The van der Waals surface area contributed by atoms with Crippen LogP contribution in [0.4, 0.5) is 0 Å². The Balaban J connectivity index is 1.42. The number of rotatable bonds is 4. The maximum atomic E-state index is 13.2. The third kappa shape index (κ3) is 3.10. The van der Waals surface area contributed by atoms with Gasteiger partial charge in [0.2, 0.25) is 5.91 Å². The smallest absolute Gasteiger partial charge is 0.257 e. The molecule has 166 valence electrons. The van der Waals surface area contributed by atoms with Gasteiger partial charge >= 0.3 is 0 Å². The van der Waals surface area contributed by atoms with Gasteiger partial charge in [-0.2, -0.15) is 5.21 Å². The van der Waals surface area contributed by atoms with Crippen molar-refractivity contribution < 1.29 is 14.1 Å². The van der Waals surface area contributed by atoms with Crippen LogP contribution < -0.4 is 5.32 Å². The molecule has 2 fully saturated rings. The largest absolute Gasteiger partial charge is 0.360 e. The number of hydrogen-bond donors (Lipinski definition) is 2. The summed E-state index contributed by atoms with van der Waals surface area (Å²) >= 11 is 14.2. The Kier molecular flexibility index (Phi) is 4.95. The van der Waals surface area contributed by atoms with Gasteiger partial charge in [0.25, 0.3) is 5.91 Å². The summed E-state index contributed by atoms with van der Waals surface area (Å²) in [6, 6.07) is 3.93. The molecule has 0 radical (unpaired) electrons. The van der Waals surface area contributed by atoms with Crippen molar-refractivity contribution in [2.75, 3.05) is 0 Å². The average Bonchev–Trinajstić information content (AvgIpc) is 3.43. The number of thioether (sulfide) groups is 1. The molecule has 13 heteroatoms. The van der Waals surface area contributed by atoms with E-state index >= 15 is 0 Å². The number of amides is 2. The van der Waals surface area contributed by atoms with Crippen LogP contribution in [-0.2, 0) is 4.79 Å². The zero-order valence-electron chi connectivity index (χ0n) is 17.1. The SMILES string of the molecule is Cc1onc(-c2c(Cl)cccc2Cl)c1C(=O)NC1C(=O)N2C(c3nn[nH]n3)C(C)(C)S[C@H]12. The second kappa shape index (κ2) is 7.46. The number of fused-ring (bicyclic) bond motifs is 1. The minimum atomic E-state index is -0.715. The molecule has 2 amide bonds. The van der Waals surface area contributed by atoms with Gasteiger partial charge in [-0.25, -0.2) is 0 Å². The summed E-state index contributed by atoms with van der Waals surface area (Å²) in [5, 5.41) is 21.4. The molecule has 2 aliphatic heterocycles. The topological polar surface area (TPSA) is 130 Å². The molecule has 0 spiro atoms. The Bertz CT molecular complexity index is 1210. The fourth-order valence-corrected chi connectivity index (χ4v) is 6.40. The highest BCUT2D eigenvalue weighted by molar-refractivity contribution is 8.01. The number of nitrogens with zero attached hydrogens (tertiary/aromatic N) is 5. The third-order valence-electron chi connectivity index (χ3n) is 5.62. The van der Waals surface area contributed by atoms with Gasteiger partial charge in [-0.3, -0.25) is 9.59 Å². The Labute approximate surface area is 196 Å². The molecule has 4 heterocycles. The first-order valence-electron chi connectivity index (χ1n) is 9.65. The van der Waals surface area contributed by atoms with E-state index in [0.29, 0.717) is 27.2 Å². The molecule has 3 aromatic rings. The van der Waals surface area contributed by atoms with E-state index in [0.717, 1.165) is 0 Å². The Morgan fingerprint density at radius 2 is 2.03 bits per heavy atom. The van der Waals surface area contributed by atoms with Crippen LogP contribution in [0.2, 0.25) is 10.0 Å². The highest BCUT2D eigenvalue weighted by Gasteiger charge is 2.63. The molecule has 5 rings (SSSR count). The number of halogens is 2. The number of β-lactam (4-membered cyclic amide) rings is 1. The first kappa shape index (κ1) is 21.2. The molecule has 2 saturated heterocycles. The van der Waals surface area contributed by atoms with E-state index in [9.17, 15) is 9.59 Å². The van der Waals surface area contributed by atoms with Crippen LogP contribution in [0.25, 0.3) is 11.3 Å². The van der Waals surface area contributed by atoms with Crippen LogP contribution in [0.3, 0.4) is 0 Å². The van der Waals surface area contributed by atoms with E-state index in [1.165, 1.54) is 0 Å². The van der Waals surface area contributed by atoms with Crippen molar-refractivity contribution in [1.82, 2.24) is 36.0 Å². The summed E-state index contributed by atoms with van der Waals surface area (Å²) in [7, 11) is 0. The van der Waals surface area contributed by atoms with Crippen LogP contribution in [0, 0.1) is 6.92 Å². The van der Waals surface area contributed by atoms with Gasteiger partial charge in [0.05, 0.1) is 10.0 Å². The van der Waals surface area contributed by atoms with E-state index in [-0.39, 0.29) is 33.3 Å². The lowest BCUT2D eigenvalue weighted by Gasteiger charge is -2.44. The standard InChI is InChI=1S/C19H17Cl2N7O3S/c1-7-10(12(25-31-7)11-8(20)5-4-6-9(11)21)16(29)22-13-17(30)28-14(15-23-26-27-24-15)19(2,3)32-18(13)28/h4-6,13-14,18H,1-3H3,(H,22,29)(H,23,24,26,27)/t13?,14?,18-/m1/s1. The number of aromatic amines is 1. The number of nitrogens with one attached hydrogen (secondary N) is 2. The molecule has 0 bridgehead atoms. The summed E-state index contributed by atoms with van der Waals surface area (Å²) < 4.78 is 4.90. The molecule has 10 nitrogen and oxygen atoms in total. The molecule has 0 aliphatic carbocycles. The van der Waals surface area contributed by atoms with E-state index in [1.807, 2.05) is 13.8 Å². The average molecular weight is 494 g/mol. The lowest BCUT2D eigenvalue weighted by Crippen LogP contribution is -2.67. The fraction of sp³-hybridized carbons (Fsp3) is 0.368. The Morgan fingerprint density at radius 3 is 2.69 bits per heavy atom. The molecular weight excluding hydrogens is 477 g/mol. The number of tetrazole rings is 1. The van der Waals surface area contributed by atoms with Crippen molar-refractivity contribution in [3.05, 3.63) is 45.4 Å². The first-order chi connectivity index (χ1) is 15.2. The van der Waals surface area contributed by atoms with Gasteiger partial charge in [-0.05, 0) is 32.9 Å². The number of carbonyl (C=O) groups is 2. The van der Waals surface area contributed by atoms with Gasteiger partial charge in [-0.15, -0.1) is 22.0 Å². The summed E-state index contributed by atoms with van der Waals surface area (Å²) in [6.45, 7) is 5.63. The fourth-order valence-electron chi connectivity index (χ4n) is 4.20. The van der Waals surface area contributed by atoms with E-state index in [2.05, 4.69) is 31.1 Å².